The van der Waals surface area contributed by atoms with Gasteiger partial charge in [-0.3, -0.25) is 4.98 Å². The molecule has 0 aliphatic heterocycles. The molecule has 0 amide bonds. The van der Waals surface area contributed by atoms with Crippen molar-refractivity contribution in [1.29, 1.82) is 0 Å². The topological polar surface area (TPSA) is 55.7 Å². The first kappa shape index (κ1) is 12.7. The largest absolute Gasteiger partial charge is 0.302 e. The molecule has 0 aliphatic rings. The third-order valence-electron chi connectivity index (χ3n) is 2.52. The van der Waals surface area contributed by atoms with Gasteiger partial charge in [0.2, 0.25) is 0 Å². The highest BCUT2D eigenvalue weighted by atomic mass is 32.2. The van der Waals surface area contributed by atoms with Crippen LogP contribution in [0.25, 0.3) is 0 Å². The molecule has 1 atom stereocenters. The highest BCUT2D eigenvalue weighted by molar-refractivity contribution is 7.98. The normalized spacial score (nSPS) is 12.1. The van der Waals surface area contributed by atoms with Gasteiger partial charge in [-0.05, 0) is 31.4 Å². The Morgan fingerprint density at radius 3 is 2.67 bits per heavy atom. The fraction of sp³-hybridized carbons (Fsp3) is 0.231. The van der Waals surface area contributed by atoms with Crippen molar-refractivity contribution < 1.29 is 4.79 Å². The van der Waals surface area contributed by atoms with Crippen LogP contribution in [0.2, 0.25) is 0 Å². The van der Waals surface area contributed by atoms with Crippen molar-refractivity contribution in [2.45, 2.75) is 18.0 Å². The second-order valence-electron chi connectivity index (χ2n) is 3.79. The number of carbonyl (C=O) groups is 1. The van der Waals surface area contributed by atoms with Crippen LogP contribution in [0.15, 0.2) is 35.6 Å². The van der Waals surface area contributed by atoms with Crippen LogP contribution in [-0.2, 0) is 4.79 Å². The maximum atomic E-state index is 11.3. The number of rotatable bonds is 4. The Balaban J connectivity index is 2.41. The summed E-state index contributed by atoms with van der Waals surface area (Å²) in [5, 5.41) is 0.659. The lowest BCUT2D eigenvalue weighted by Crippen LogP contribution is -2.08. The van der Waals surface area contributed by atoms with E-state index in [1.807, 2.05) is 31.4 Å². The molecule has 0 saturated carbocycles. The van der Waals surface area contributed by atoms with Crippen molar-refractivity contribution in [2.24, 2.45) is 0 Å². The zero-order valence-corrected chi connectivity index (χ0v) is 11.0. The number of aromatic nitrogens is 3. The van der Waals surface area contributed by atoms with Gasteiger partial charge in [0.15, 0.2) is 5.16 Å². The molecule has 2 aromatic rings. The van der Waals surface area contributed by atoms with E-state index in [4.69, 9.17) is 0 Å². The number of carbonyl (C=O) groups excluding carboxylic acids is 1. The number of thioether (sulfide) groups is 1. The maximum Gasteiger partial charge on any atom is 0.187 e. The lowest BCUT2D eigenvalue weighted by Gasteiger charge is -2.10. The molecule has 4 nitrogen and oxygen atoms in total. The fourth-order valence-electron chi connectivity index (χ4n) is 1.65. The van der Waals surface area contributed by atoms with Gasteiger partial charge in [-0.15, -0.1) is 0 Å². The molecule has 0 fully saturated rings. The van der Waals surface area contributed by atoms with Gasteiger partial charge in [0.1, 0.15) is 6.29 Å². The number of nitrogens with zero attached hydrogens (tertiary/aromatic N) is 3. The minimum absolute atomic E-state index is 0.432. The highest BCUT2D eigenvalue weighted by Crippen LogP contribution is 2.20. The SMILES string of the molecule is CSc1nccc(C(C=O)c2cccc(C)n2)n1. The zero-order chi connectivity index (χ0) is 13.0. The number of hydrogen-bond donors (Lipinski definition) is 0. The van der Waals surface area contributed by atoms with E-state index in [1.54, 1.807) is 12.3 Å². The van der Waals surface area contributed by atoms with Crippen LogP contribution >= 0.6 is 11.8 Å². The van der Waals surface area contributed by atoms with Gasteiger partial charge < -0.3 is 4.79 Å². The van der Waals surface area contributed by atoms with Gasteiger partial charge in [-0.2, -0.15) is 0 Å². The van der Waals surface area contributed by atoms with E-state index in [1.165, 1.54) is 11.8 Å². The minimum Gasteiger partial charge on any atom is -0.302 e. The molecule has 0 aromatic carbocycles. The van der Waals surface area contributed by atoms with Gasteiger partial charge >= 0.3 is 0 Å². The summed E-state index contributed by atoms with van der Waals surface area (Å²) in [4.78, 5) is 24.1. The second kappa shape index (κ2) is 5.73. The molecule has 1 unspecified atom stereocenters. The van der Waals surface area contributed by atoms with Gasteiger partial charge in [-0.25, -0.2) is 9.97 Å². The Morgan fingerprint density at radius 2 is 2.00 bits per heavy atom. The molecule has 0 saturated heterocycles. The molecule has 0 bridgehead atoms. The number of pyridine rings is 1. The van der Waals surface area contributed by atoms with E-state index in [-0.39, 0.29) is 0 Å². The first-order chi connectivity index (χ1) is 8.74. The Kier molecular flexibility index (Phi) is 4.04. The average molecular weight is 259 g/mol. The second-order valence-corrected chi connectivity index (χ2v) is 4.56. The third kappa shape index (κ3) is 2.73. The van der Waals surface area contributed by atoms with Crippen LogP contribution in [0.5, 0.6) is 0 Å². The van der Waals surface area contributed by atoms with E-state index >= 15 is 0 Å². The fourth-order valence-corrected chi connectivity index (χ4v) is 2.02. The van der Waals surface area contributed by atoms with Crippen LogP contribution in [0.3, 0.4) is 0 Å². The first-order valence-corrected chi connectivity index (χ1v) is 6.73. The number of aryl methyl sites for hydroxylation is 1. The quantitative estimate of drug-likeness (QED) is 0.479. The Hall–Kier alpha value is -1.75. The number of hydrogen-bond acceptors (Lipinski definition) is 5. The number of aldehydes is 1. The van der Waals surface area contributed by atoms with Crippen LogP contribution in [-0.4, -0.2) is 27.5 Å². The zero-order valence-electron chi connectivity index (χ0n) is 10.2. The van der Waals surface area contributed by atoms with Crippen LogP contribution in [0.4, 0.5) is 0 Å². The summed E-state index contributed by atoms with van der Waals surface area (Å²) in [5.41, 5.74) is 2.29. The van der Waals surface area contributed by atoms with Crippen LogP contribution < -0.4 is 0 Å². The summed E-state index contributed by atoms with van der Waals surface area (Å²) in [6.07, 6.45) is 4.44. The summed E-state index contributed by atoms with van der Waals surface area (Å²) in [7, 11) is 0. The molecule has 0 spiro atoms. The Labute approximate surface area is 110 Å². The Bertz CT molecular complexity index is 559. The molecule has 2 rings (SSSR count). The smallest absolute Gasteiger partial charge is 0.187 e. The molecular formula is C13H13N3OS. The molecule has 18 heavy (non-hydrogen) atoms. The summed E-state index contributed by atoms with van der Waals surface area (Å²) < 4.78 is 0. The molecule has 92 valence electrons. The van der Waals surface area contributed by atoms with Crippen molar-refractivity contribution in [1.82, 2.24) is 15.0 Å². The molecule has 0 aliphatic carbocycles. The molecule has 0 radical (unpaired) electrons. The van der Waals surface area contributed by atoms with Gasteiger partial charge in [0.25, 0.3) is 0 Å². The van der Waals surface area contributed by atoms with E-state index < -0.39 is 5.92 Å². The van der Waals surface area contributed by atoms with Crippen molar-refractivity contribution in [3.8, 4) is 0 Å². The van der Waals surface area contributed by atoms with Crippen LogP contribution in [0, 0.1) is 6.92 Å². The molecule has 2 heterocycles. The van der Waals surface area contributed by atoms with E-state index in [2.05, 4.69) is 15.0 Å². The summed E-state index contributed by atoms with van der Waals surface area (Å²) >= 11 is 1.45. The van der Waals surface area contributed by atoms with E-state index in [0.717, 1.165) is 17.7 Å². The summed E-state index contributed by atoms with van der Waals surface area (Å²) in [6, 6.07) is 7.39. The van der Waals surface area contributed by atoms with Gasteiger partial charge in [0, 0.05) is 11.9 Å². The molecule has 2 aromatic heterocycles. The first-order valence-electron chi connectivity index (χ1n) is 5.50. The average Bonchev–Trinajstić information content (AvgIpc) is 2.40. The molecule has 0 N–H and O–H groups in total. The monoisotopic (exact) mass is 259 g/mol. The minimum atomic E-state index is -0.432. The predicted octanol–water partition coefficient (Wildman–Crippen LogP) is 2.23. The Morgan fingerprint density at radius 1 is 1.22 bits per heavy atom. The molecule has 5 heteroatoms. The van der Waals surface area contributed by atoms with Crippen molar-refractivity contribution >= 4 is 18.0 Å². The van der Waals surface area contributed by atoms with E-state index in [0.29, 0.717) is 10.9 Å². The lowest BCUT2D eigenvalue weighted by molar-refractivity contribution is -0.108. The van der Waals surface area contributed by atoms with Crippen molar-refractivity contribution in [2.75, 3.05) is 6.26 Å². The highest BCUT2D eigenvalue weighted by Gasteiger charge is 2.16. The van der Waals surface area contributed by atoms with Crippen molar-refractivity contribution in [3.63, 3.8) is 0 Å². The van der Waals surface area contributed by atoms with Crippen molar-refractivity contribution in [3.05, 3.63) is 47.5 Å². The molecular weight excluding hydrogens is 246 g/mol. The van der Waals surface area contributed by atoms with Gasteiger partial charge in [-0.1, -0.05) is 17.8 Å². The summed E-state index contributed by atoms with van der Waals surface area (Å²) in [6.45, 7) is 1.90. The van der Waals surface area contributed by atoms with Gasteiger partial charge in [0.05, 0.1) is 17.3 Å². The standard InChI is InChI=1S/C13H13N3OS/c1-9-4-3-5-11(15-9)10(8-17)12-6-7-14-13(16-12)18-2/h3-8,10H,1-2H3. The lowest BCUT2D eigenvalue weighted by atomic mass is 10.0. The summed E-state index contributed by atoms with van der Waals surface area (Å²) in [5.74, 6) is -0.432. The van der Waals surface area contributed by atoms with E-state index in [9.17, 15) is 4.79 Å². The van der Waals surface area contributed by atoms with Crippen LogP contribution in [0.1, 0.15) is 23.0 Å². The third-order valence-corrected chi connectivity index (χ3v) is 3.08. The predicted molar refractivity (Wildman–Crippen MR) is 70.7 cm³/mol. The maximum absolute atomic E-state index is 11.3.